The van der Waals surface area contributed by atoms with Crippen LogP contribution in [0.15, 0.2) is 36.4 Å². The Kier molecular flexibility index (Phi) is 5.20. The summed E-state index contributed by atoms with van der Waals surface area (Å²) < 4.78 is 5.65. The van der Waals surface area contributed by atoms with Gasteiger partial charge in [-0.1, -0.05) is 38.1 Å². The summed E-state index contributed by atoms with van der Waals surface area (Å²) in [7, 11) is 0. The summed E-state index contributed by atoms with van der Waals surface area (Å²) >= 11 is 0. The highest BCUT2D eigenvalue weighted by atomic mass is 16.5. The van der Waals surface area contributed by atoms with Crippen LogP contribution in [-0.2, 0) is 0 Å². The summed E-state index contributed by atoms with van der Waals surface area (Å²) in [6, 6.07) is 12.1. The molecule has 0 aliphatic rings. The van der Waals surface area contributed by atoms with Gasteiger partial charge in [-0.3, -0.25) is 4.79 Å². The van der Waals surface area contributed by atoms with Crippen LogP contribution < -0.4 is 10.1 Å². The molecule has 0 fully saturated rings. The summed E-state index contributed by atoms with van der Waals surface area (Å²) in [6.07, 6.45) is 1.86. The molecule has 0 atom stereocenters. The molecule has 0 saturated heterocycles. The molecule has 2 aromatic rings. The molecule has 3 heteroatoms. The standard InChI is InChI=1S/C18H23NO2/c1-4-15(5-2)19-18(20)16-11-13-9-7-8-10-14(13)12-17(16)21-6-3/h7-12,15H,4-6H2,1-3H3,(H,19,20). The molecule has 1 N–H and O–H groups in total. The van der Waals surface area contributed by atoms with Crippen molar-refractivity contribution in [2.75, 3.05) is 6.61 Å². The SMILES string of the molecule is CCOc1cc2ccccc2cc1C(=O)NC(CC)CC. The molecule has 112 valence electrons. The maximum Gasteiger partial charge on any atom is 0.255 e. The second-order valence-corrected chi connectivity index (χ2v) is 5.12. The fourth-order valence-corrected chi connectivity index (χ4v) is 2.43. The maximum absolute atomic E-state index is 12.5. The number of hydrogen-bond acceptors (Lipinski definition) is 2. The van der Waals surface area contributed by atoms with Crippen molar-refractivity contribution >= 4 is 16.7 Å². The molecule has 0 spiro atoms. The van der Waals surface area contributed by atoms with E-state index in [1.807, 2.05) is 43.3 Å². The van der Waals surface area contributed by atoms with E-state index in [2.05, 4.69) is 19.2 Å². The van der Waals surface area contributed by atoms with E-state index in [1.54, 1.807) is 0 Å². The van der Waals surface area contributed by atoms with Gasteiger partial charge in [0.2, 0.25) is 0 Å². The Morgan fingerprint density at radius 1 is 1.10 bits per heavy atom. The van der Waals surface area contributed by atoms with Crippen molar-refractivity contribution in [3.05, 3.63) is 42.0 Å². The van der Waals surface area contributed by atoms with Crippen molar-refractivity contribution in [1.82, 2.24) is 5.32 Å². The number of ether oxygens (including phenoxy) is 1. The summed E-state index contributed by atoms with van der Waals surface area (Å²) in [5.74, 6) is 0.595. The van der Waals surface area contributed by atoms with Gasteiger partial charge in [0.25, 0.3) is 5.91 Å². The van der Waals surface area contributed by atoms with Gasteiger partial charge in [-0.15, -0.1) is 0 Å². The van der Waals surface area contributed by atoms with E-state index in [-0.39, 0.29) is 11.9 Å². The maximum atomic E-state index is 12.5. The van der Waals surface area contributed by atoms with Gasteiger partial charge in [-0.2, -0.15) is 0 Å². The first-order valence-corrected chi connectivity index (χ1v) is 7.66. The van der Waals surface area contributed by atoms with Crippen LogP contribution in [0.3, 0.4) is 0 Å². The average Bonchev–Trinajstić information content (AvgIpc) is 2.52. The van der Waals surface area contributed by atoms with E-state index in [1.165, 1.54) is 0 Å². The van der Waals surface area contributed by atoms with E-state index < -0.39 is 0 Å². The zero-order valence-electron chi connectivity index (χ0n) is 13.0. The summed E-state index contributed by atoms with van der Waals surface area (Å²) in [5, 5.41) is 5.21. The molecule has 0 aromatic heterocycles. The number of fused-ring (bicyclic) bond motifs is 1. The Morgan fingerprint density at radius 2 is 1.71 bits per heavy atom. The Morgan fingerprint density at radius 3 is 2.29 bits per heavy atom. The highest BCUT2D eigenvalue weighted by Gasteiger charge is 2.16. The lowest BCUT2D eigenvalue weighted by molar-refractivity contribution is 0.0931. The van der Waals surface area contributed by atoms with Gasteiger partial charge in [0.15, 0.2) is 0 Å². The first kappa shape index (κ1) is 15.4. The number of carbonyl (C=O) groups excluding carboxylic acids is 1. The Bertz CT molecular complexity index is 618. The summed E-state index contributed by atoms with van der Waals surface area (Å²) in [5.41, 5.74) is 0.613. The smallest absolute Gasteiger partial charge is 0.255 e. The second kappa shape index (κ2) is 7.11. The van der Waals surface area contributed by atoms with Crippen LogP contribution in [0, 0.1) is 0 Å². The molecular weight excluding hydrogens is 262 g/mol. The van der Waals surface area contributed by atoms with Gasteiger partial charge in [-0.05, 0) is 42.7 Å². The Hall–Kier alpha value is -2.03. The van der Waals surface area contributed by atoms with Crippen molar-refractivity contribution in [2.45, 2.75) is 39.7 Å². The topological polar surface area (TPSA) is 38.3 Å². The van der Waals surface area contributed by atoms with Crippen LogP contribution in [0.25, 0.3) is 10.8 Å². The fourth-order valence-electron chi connectivity index (χ4n) is 2.43. The van der Waals surface area contributed by atoms with Gasteiger partial charge >= 0.3 is 0 Å². The molecule has 2 rings (SSSR count). The minimum atomic E-state index is -0.0575. The Balaban J connectivity index is 2.40. The molecule has 0 saturated carbocycles. The lowest BCUT2D eigenvalue weighted by Gasteiger charge is -2.17. The van der Waals surface area contributed by atoms with E-state index in [0.717, 1.165) is 23.6 Å². The normalized spacial score (nSPS) is 10.9. The summed E-state index contributed by atoms with van der Waals surface area (Å²) in [6.45, 7) is 6.64. The number of hydrogen-bond donors (Lipinski definition) is 1. The molecule has 21 heavy (non-hydrogen) atoms. The molecule has 0 bridgehead atoms. The predicted molar refractivity (Wildman–Crippen MR) is 87.0 cm³/mol. The average molecular weight is 285 g/mol. The van der Waals surface area contributed by atoms with Crippen molar-refractivity contribution in [1.29, 1.82) is 0 Å². The highest BCUT2D eigenvalue weighted by Crippen LogP contribution is 2.26. The molecule has 0 radical (unpaired) electrons. The summed E-state index contributed by atoms with van der Waals surface area (Å²) in [4.78, 5) is 12.5. The van der Waals surface area contributed by atoms with Gasteiger partial charge < -0.3 is 10.1 Å². The molecular formula is C18H23NO2. The largest absolute Gasteiger partial charge is 0.493 e. The molecule has 0 unspecified atom stereocenters. The molecule has 0 aliphatic carbocycles. The van der Waals surface area contributed by atoms with Crippen molar-refractivity contribution in [2.24, 2.45) is 0 Å². The first-order chi connectivity index (χ1) is 10.2. The third-order valence-electron chi connectivity index (χ3n) is 3.71. The molecule has 2 aromatic carbocycles. The molecule has 0 aliphatic heterocycles. The van der Waals surface area contributed by atoms with Gasteiger partial charge in [0, 0.05) is 6.04 Å². The van der Waals surface area contributed by atoms with Crippen molar-refractivity contribution in [3.63, 3.8) is 0 Å². The fraction of sp³-hybridized carbons (Fsp3) is 0.389. The van der Waals surface area contributed by atoms with E-state index >= 15 is 0 Å². The number of benzene rings is 2. The third kappa shape index (κ3) is 3.54. The van der Waals surface area contributed by atoms with E-state index in [4.69, 9.17) is 4.74 Å². The molecule has 0 heterocycles. The van der Waals surface area contributed by atoms with Gasteiger partial charge in [0.1, 0.15) is 5.75 Å². The predicted octanol–water partition coefficient (Wildman–Crippen LogP) is 4.16. The number of amides is 1. The van der Waals surface area contributed by atoms with Crippen LogP contribution in [0.5, 0.6) is 5.75 Å². The van der Waals surface area contributed by atoms with Crippen LogP contribution in [0.2, 0.25) is 0 Å². The molecule has 3 nitrogen and oxygen atoms in total. The van der Waals surface area contributed by atoms with E-state index in [9.17, 15) is 4.79 Å². The van der Waals surface area contributed by atoms with Crippen LogP contribution in [0.4, 0.5) is 0 Å². The number of rotatable bonds is 6. The van der Waals surface area contributed by atoms with E-state index in [0.29, 0.717) is 17.9 Å². The van der Waals surface area contributed by atoms with Crippen LogP contribution in [0.1, 0.15) is 44.0 Å². The van der Waals surface area contributed by atoms with Gasteiger partial charge in [-0.25, -0.2) is 0 Å². The van der Waals surface area contributed by atoms with Crippen LogP contribution >= 0.6 is 0 Å². The van der Waals surface area contributed by atoms with Gasteiger partial charge in [0.05, 0.1) is 12.2 Å². The monoisotopic (exact) mass is 285 g/mol. The minimum absolute atomic E-state index is 0.0575. The number of carbonyl (C=O) groups is 1. The zero-order valence-corrected chi connectivity index (χ0v) is 13.0. The second-order valence-electron chi connectivity index (χ2n) is 5.12. The quantitative estimate of drug-likeness (QED) is 0.865. The minimum Gasteiger partial charge on any atom is -0.493 e. The number of nitrogens with one attached hydrogen (secondary N) is 1. The van der Waals surface area contributed by atoms with Crippen molar-refractivity contribution < 1.29 is 9.53 Å². The first-order valence-electron chi connectivity index (χ1n) is 7.66. The zero-order chi connectivity index (χ0) is 15.2. The van der Waals surface area contributed by atoms with Crippen molar-refractivity contribution in [3.8, 4) is 5.75 Å². The Labute approximate surface area is 126 Å². The lowest BCUT2D eigenvalue weighted by Crippen LogP contribution is -2.34. The molecule has 1 amide bonds. The highest BCUT2D eigenvalue weighted by molar-refractivity contribution is 6.01. The third-order valence-corrected chi connectivity index (χ3v) is 3.71. The lowest BCUT2D eigenvalue weighted by atomic mass is 10.0. The van der Waals surface area contributed by atoms with Crippen LogP contribution in [-0.4, -0.2) is 18.6 Å².